The molecule has 1 aromatic heterocycles. The molecule has 2 N–H and O–H groups in total. The molecule has 0 fully saturated rings. The molecule has 0 aliphatic heterocycles. The molecule has 0 bridgehead atoms. The zero-order valence-corrected chi connectivity index (χ0v) is 16.0. The molecule has 132 valence electrons. The molecule has 3 aromatic rings. The summed E-state index contributed by atoms with van der Waals surface area (Å²) in [6.45, 7) is 0. The number of nitrogens with one attached hydrogen (secondary N) is 2. The Hall–Kier alpha value is -2.48. The molecule has 0 spiro atoms. The number of carbonyl (C=O) groups excluding carboxylic acids is 1. The normalized spacial score (nSPS) is 10.2. The van der Waals surface area contributed by atoms with Gasteiger partial charge < -0.3 is 10.1 Å². The number of nitrogens with zero attached hydrogens (tertiary/aromatic N) is 1. The minimum atomic E-state index is -0.336. The minimum Gasteiger partial charge on any atom is -0.497 e. The smallest absolute Gasteiger partial charge is 0.257 e. The van der Waals surface area contributed by atoms with E-state index in [1.54, 1.807) is 31.4 Å². The van der Waals surface area contributed by atoms with E-state index in [2.05, 4.69) is 15.6 Å². The second kappa shape index (κ2) is 8.27. The lowest BCUT2D eigenvalue weighted by molar-refractivity contribution is 0.0977. The van der Waals surface area contributed by atoms with Gasteiger partial charge in [-0.2, -0.15) is 0 Å². The molecule has 0 saturated heterocycles. The highest BCUT2D eigenvalue weighted by Gasteiger charge is 2.10. The number of hydrogen-bond acceptors (Lipinski definition) is 5. The maximum atomic E-state index is 12.2. The van der Waals surface area contributed by atoms with E-state index in [9.17, 15) is 4.79 Å². The topological polar surface area (TPSA) is 63.2 Å². The van der Waals surface area contributed by atoms with Gasteiger partial charge in [0.15, 0.2) is 10.2 Å². The van der Waals surface area contributed by atoms with E-state index in [-0.39, 0.29) is 11.0 Å². The molecule has 8 heteroatoms. The quantitative estimate of drug-likeness (QED) is 0.623. The standard InChI is InChI=1S/C18H14ClN3O2S2/c1-24-14-7-5-11(6-8-14)15-10-26-18(20-15)22-17(25)21-16(23)12-3-2-4-13(19)9-12/h2-10H,1H3,(H2,20,21,22,23,25). The maximum Gasteiger partial charge on any atom is 0.257 e. The van der Waals surface area contributed by atoms with Crippen molar-refractivity contribution in [2.45, 2.75) is 0 Å². The summed E-state index contributed by atoms with van der Waals surface area (Å²) in [6, 6.07) is 14.2. The molecule has 0 unspecified atom stereocenters. The third-order valence-corrected chi connectivity index (χ3v) is 4.62. The third kappa shape index (κ3) is 4.57. The number of thiazole rings is 1. The van der Waals surface area contributed by atoms with E-state index in [4.69, 9.17) is 28.6 Å². The van der Waals surface area contributed by atoms with Gasteiger partial charge in [0.1, 0.15) is 5.75 Å². The number of carbonyl (C=O) groups is 1. The van der Waals surface area contributed by atoms with Crippen LogP contribution in [0.15, 0.2) is 53.9 Å². The summed E-state index contributed by atoms with van der Waals surface area (Å²) in [5, 5.41) is 8.68. The number of hydrogen-bond donors (Lipinski definition) is 2. The molecule has 0 aliphatic carbocycles. The second-order valence-corrected chi connectivity index (χ2v) is 6.89. The van der Waals surface area contributed by atoms with Crippen LogP contribution in [0.3, 0.4) is 0 Å². The first-order chi connectivity index (χ1) is 12.5. The van der Waals surface area contributed by atoms with Crippen molar-refractivity contribution in [3.8, 4) is 17.0 Å². The number of methoxy groups -OCH3 is 1. The summed E-state index contributed by atoms with van der Waals surface area (Å²) in [5.74, 6) is 0.448. The van der Waals surface area contributed by atoms with E-state index >= 15 is 0 Å². The van der Waals surface area contributed by atoms with Gasteiger partial charge in [-0.3, -0.25) is 10.1 Å². The van der Waals surface area contributed by atoms with Crippen LogP contribution in [0.25, 0.3) is 11.3 Å². The molecule has 0 atom stereocenters. The molecular weight excluding hydrogens is 390 g/mol. The van der Waals surface area contributed by atoms with Crippen LogP contribution in [-0.4, -0.2) is 23.1 Å². The Morgan fingerprint density at radius 3 is 2.69 bits per heavy atom. The van der Waals surface area contributed by atoms with E-state index in [0.717, 1.165) is 17.0 Å². The molecule has 0 aliphatic rings. The Bertz CT molecular complexity index is 942. The Kier molecular flexibility index (Phi) is 5.82. The number of benzene rings is 2. The van der Waals surface area contributed by atoms with Crippen molar-refractivity contribution in [3.63, 3.8) is 0 Å². The Balaban J connectivity index is 1.63. The fourth-order valence-electron chi connectivity index (χ4n) is 2.16. The molecule has 1 amide bonds. The van der Waals surface area contributed by atoms with Crippen LogP contribution in [0, 0.1) is 0 Å². The van der Waals surface area contributed by atoms with Crippen molar-refractivity contribution in [2.75, 3.05) is 12.4 Å². The van der Waals surface area contributed by atoms with Gasteiger partial charge in [-0.05, 0) is 54.7 Å². The first-order valence-corrected chi connectivity index (χ1v) is 9.19. The van der Waals surface area contributed by atoms with Gasteiger partial charge >= 0.3 is 0 Å². The van der Waals surface area contributed by atoms with Gasteiger partial charge in [0.05, 0.1) is 12.8 Å². The average molecular weight is 404 g/mol. The van der Waals surface area contributed by atoms with Crippen LogP contribution in [0.5, 0.6) is 5.75 Å². The van der Waals surface area contributed by atoms with Gasteiger partial charge in [0, 0.05) is 21.5 Å². The summed E-state index contributed by atoms with van der Waals surface area (Å²) in [4.78, 5) is 16.6. The van der Waals surface area contributed by atoms with Crippen LogP contribution in [0.2, 0.25) is 5.02 Å². The fourth-order valence-corrected chi connectivity index (χ4v) is 3.33. The lowest BCUT2D eigenvalue weighted by atomic mass is 10.2. The average Bonchev–Trinajstić information content (AvgIpc) is 3.10. The fraction of sp³-hybridized carbons (Fsp3) is 0.0556. The summed E-state index contributed by atoms with van der Waals surface area (Å²) in [5.41, 5.74) is 2.20. The van der Waals surface area contributed by atoms with E-state index in [1.807, 2.05) is 29.6 Å². The molecular formula is C18H14ClN3O2S2. The molecule has 2 aromatic carbocycles. The van der Waals surface area contributed by atoms with Crippen molar-refractivity contribution in [1.82, 2.24) is 10.3 Å². The highest BCUT2D eigenvalue weighted by atomic mass is 35.5. The summed E-state index contributed by atoms with van der Waals surface area (Å²) < 4.78 is 5.15. The number of rotatable bonds is 4. The Morgan fingerprint density at radius 1 is 1.23 bits per heavy atom. The van der Waals surface area contributed by atoms with Crippen molar-refractivity contribution in [1.29, 1.82) is 0 Å². The first-order valence-electron chi connectivity index (χ1n) is 7.53. The van der Waals surface area contributed by atoms with Crippen LogP contribution in [0.4, 0.5) is 5.13 Å². The third-order valence-electron chi connectivity index (χ3n) is 3.42. The molecule has 1 heterocycles. The molecule has 5 nitrogen and oxygen atoms in total. The lowest BCUT2D eigenvalue weighted by Crippen LogP contribution is -2.34. The zero-order valence-electron chi connectivity index (χ0n) is 13.7. The van der Waals surface area contributed by atoms with Crippen LogP contribution < -0.4 is 15.4 Å². The predicted molar refractivity (Wildman–Crippen MR) is 109 cm³/mol. The summed E-state index contributed by atoms with van der Waals surface area (Å²) in [7, 11) is 1.62. The lowest BCUT2D eigenvalue weighted by Gasteiger charge is -2.07. The highest BCUT2D eigenvalue weighted by Crippen LogP contribution is 2.26. The van der Waals surface area contributed by atoms with Crippen molar-refractivity contribution >= 4 is 51.3 Å². The monoisotopic (exact) mass is 403 g/mol. The minimum absolute atomic E-state index is 0.172. The second-order valence-electron chi connectivity index (χ2n) is 5.18. The molecule has 0 radical (unpaired) electrons. The number of amides is 1. The van der Waals surface area contributed by atoms with Crippen molar-refractivity contribution in [2.24, 2.45) is 0 Å². The van der Waals surface area contributed by atoms with Gasteiger partial charge in [-0.25, -0.2) is 4.98 Å². The van der Waals surface area contributed by atoms with E-state index < -0.39 is 0 Å². The SMILES string of the molecule is COc1ccc(-c2csc(NC(=S)NC(=O)c3cccc(Cl)c3)n2)cc1. The molecule has 26 heavy (non-hydrogen) atoms. The first kappa shape index (κ1) is 18.3. The molecule has 3 rings (SSSR count). The summed E-state index contributed by atoms with van der Waals surface area (Å²) >= 11 is 12.5. The number of halogens is 1. The van der Waals surface area contributed by atoms with E-state index in [0.29, 0.717) is 15.7 Å². The maximum absolute atomic E-state index is 12.2. The van der Waals surface area contributed by atoms with Gasteiger partial charge in [-0.15, -0.1) is 11.3 Å². The van der Waals surface area contributed by atoms with Gasteiger partial charge in [-0.1, -0.05) is 17.7 Å². The van der Waals surface area contributed by atoms with Crippen LogP contribution >= 0.6 is 35.2 Å². The zero-order chi connectivity index (χ0) is 18.5. The number of ether oxygens (including phenoxy) is 1. The Labute approximate surface area is 165 Å². The van der Waals surface area contributed by atoms with Crippen LogP contribution in [0.1, 0.15) is 10.4 Å². The van der Waals surface area contributed by atoms with Crippen LogP contribution in [-0.2, 0) is 0 Å². The number of thiocarbonyl (C=S) groups is 1. The Morgan fingerprint density at radius 2 is 2.00 bits per heavy atom. The largest absolute Gasteiger partial charge is 0.497 e. The van der Waals surface area contributed by atoms with E-state index in [1.165, 1.54) is 11.3 Å². The highest BCUT2D eigenvalue weighted by molar-refractivity contribution is 7.80. The van der Waals surface area contributed by atoms with Crippen molar-refractivity contribution < 1.29 is 9.53 Å². The number of aromatic nitrogens is 1. The van der Waals surface area contributed by atoms with Crippen molar-refractivity contribution in [3.05, 3.63) is 64.5 Å². The predicted octanol–water partition coefficient (Wildman–Crippen LogP) is 4.60. The van der Waals surface area contributed by atoms with Gasteiger partial charge in [0.2, 0.25) is 0 Å². The molecule has 0 saturated carbocycles. The summed E-state index contributed by atoms with van der Waals surface area (Å²) in [6.07, 6.45) is 0. The van der Waals surface area contributed by atoms with Gasteiger partial charge in [0.25, 0.3) is 5.91 Å². The number of anilines is 1.